The molecule has 0 atom stereocenters. The number of hydrogen-bond acceptors (Lipinski definition) is 5. The van der Waals surface area contributed by atoms with Crippen molar-refractivity contribution in [3.05, 3.63) is 72.7 Å². The van der Waals surface area contributed by atoms with Gasteiger partial charge in [-0.25, -0.2) is 9.97 Å². The van der Waals surface area contributed by atoms with Crippen LogP contribution in [0.15, 0.2) is 67.0 Å². The van der Waals surface area contributed by atoms with Gasteiger partial charge in [0.25, 0.3) is 5.91 Å². The zero-order chi connectivity index (χ0) is 18.9. The Bertz CT molecular complexity index is 867. The van der Waals surface area contributed by atoms with Crippen molar-refractivity contribution in [2.45, 2.75) is 19.8 Å². The van der Waals surface area contributed by atoms with Crippen LogP contribution in [0, 0.1) is 0 Å². The third-order valence-electron chi connectivity index (χ3n) is 3.82. The number of benzene rings is 2. The van der Waals surface area contributed by atoms with E-state index in [9.17, 15) is 4.79 Å². The van der Waals surface area contributed by atoms with E-state index in [1.807, 2.05) is 54.6 Å². The van der Waals surface area contributed by atoms with Gasteiger partial charge in [-0.2, -0.15) is 0 Å². The average molecular weight is 362 g/mol. The summed E-state index contributed by atoms with van der Waals surface area (Å²) < 4.78 is 5.92. The lowest BCUT2D eigenvalue weighted by molar-refractivity contribution is 0.0948. The molecule has 1 aromatic heterocycles. The van der Waals surface area contributed by atoms with Crippen LogP contribution in [0.25, 0.3) is 0 Å². The van der Waals surface area contributed by atoms with Gasteiger partial charge in [-0.05, 0) is 30.7 Å². The van der Waals surface area contributed by atoms with Gasteiger partial charge in [0.1, 0.15) is 17.3 Å². The number of para-hydroxylation sites is 3. The van der Waals surface area contributed by atoms with Crippen molar-refractivity contribution >= 4 is 17.4 Å². The number of amides is 1. The second kappa shape index (κ2) is 9.33. The Labute approximate surface area is 158 Å². The minimum absolute atomic E-state index is 0.213. The van der Waals surface area contributed by atoms with Gasteiger partial charge in [-0.1, -0.05) is 43.7 Å². The first-order chi connectivity index (χ1) is 13.3. The third kappa shape index (κ3) is 5.28. The number of hydrogen-bond donors (Lipinski definition) is 2. The highest BCUT2D eigenvalue weighted by molar-refractivity contribution is 5.92. The number of unbranched alkanes of at least 4 members (excludes halogenated alkanes) is 1. The maximum absolute atomic E-state index is 12.0. The van der Waals surface area contributed by atoms with E-state index in [0.717, 1.165) is 24.3 Å². The molecule has 27 heavy (non-hydrogen) atoms. The fourth-order valence-electron chi connectivity index (χ4n) is 2.39. The van der Waals surface area contributed by atoms with Gasteiger partial charge in [0.05, 0.1) is 18.1 Å². The first-order valence-electron chi connectivity index (χ1n) is 8.95. The van der Waals surface area contributed by atoms with Gasteiger partial charge in [0, 0.05) is 6.54 Å². The number of anilines is 2. The first-order valence-corrected chi connectivity index (χ1v) is 8.95. The molecule has 0 spiro atoms. The maximum atomic E-state index is 12.0. The van der Waals surface area contributed by atoms with Crippen LogP contribution < -0.4 is 15.4 Å². The van der Waals surface area contributed by atoms with Crippen molar-refractivity contribution in [3.63, 3.8) is 0 Å². The van der Waals surface area contributed by atoms with Gasteiger partial charge >= 0.3 is 0 Å². The van der Waals surface area contributed by atoms with Gasteiger partial charge in [-0.3, -0.25) is 4.79 Å². The van der Waals surface area contributed by atoms with E-state index < -0.39 is 0 Å². The number of nitrogens with one attached hydrogen (secondary N) is 2. The molecular formula is C21H22N4O2. The van der Waals surface area contributed by atoms with Gasteiger partial charge < -0.3 is 15.4 Å². The summed E-state index contributed by atoms with van der Waals surface area (Å²) in [4.78, 5) is 20.5. The molecule has 0 radical (unpaired) electrons. The summed E-state index contributed by atoms with van der Waals surface area (Å²) in [7, 11) is 0. The molecule has 3 rings (SSSR count). The number of rotatable bonds is 8. The summed E-state index contributed by atoms with van der Waals surface area (Å²) in [5, 5.41) is 6.00. The lowest BCUT2D eigenvalue weighted by atomic mass is 10.3. The fraction of sp³-hybridized carbons (Fsp3) is 0.190. The van der Waals surface area contributed by atoms with Crippen LogP contribution in [0.4, 0.5) is 11.5 Å². The van der Waals surface area contributed by atoms with Crippen molar-refractivity contribution < 1.29 is 9.53 Å². The summed E-state index contributed by atoms with van der Waals surface area (Å²) >= 11 is 0. The molecule has 138 valence electrons. The predicted octanol–water partition coefficient (Wildman–Crippen LogP) is 4.54. The van der Waals surface area contributed by atoms with Crippen molar-refractivity contribution in [2.75, 3.05) is 11.9 Å². The Hall–Kier alpha value is -3.41. The molecule has 0 bridgehead atoms. The van der Waals surface area contributed by atoms with Crippen LogP contribution >= 0.6 is 0 Å². The van der Waals surface area contributed by atoms with E-state index in [4.69, 9.17) is 4.74 Å². The molecule has 0 unspecified atom stereocenters. The Morgan fingerprint density at radius 1 is 1.00 bits per heavy atom. The standard InChI is InChI=1S/C21H22N4O2/c1-2-3-13-22-21(26)18-14-24-20(15-23-18)25-17-11-7-8-12-19(17)27-16-9-5-4-6-10-16/h4-12,14-15H,2-3,13H2,1H3,(H,22,26)(H,24,25). The van der Waals surface area contributed by atoms with E-state index >= 15 is 0 Å². The quantitative estimate of drug-likeness (QED) is 0.575. The Kier molecular flexibility index (Phi) is 6.35. The van der Waals surface area contributed by atoms with Crippen LogP contribution in [-0.2, 0) is 0 Å². The molecule has 0 aliphatic carbocycles. The second-order valence-corrected chi connectivity index (χ2v) is 5.93. The molecule has 2 N–H and O–H groups in total. The summed E-state index contributed by atoms with van der Waals surface area (Å²) in [6.45, 7) is 2.72. The fourth-order valence-corrected chi connectivity index (χ4v) is 2.39. The molecule has 6 nitrogen and oxygen atoms in total. The molecule has 1 amide bonds. The highest BCUT2D eigenvalue weighted by Crippen LogP contribution is 2.30. The molecule has 2 aromatic carbocycles. The number of aromatic nitrogens is 2. The second-order valence-electron chi connectivity index (χ2n) is 5.93. The minimum Gasteiger partial charge on any atom is -0.455 e. The van der Waals surface area contributed by atoms with Crippen LogP contribution in [-0.4, -0.2) is 22.4 Å². The number of carbonyl (C=O) groups excluding carboxylic acids is 1. The minimum atomic E-state index is -0.213. The van der Waals surface area contributed by atoms with Crippen LogP contribution in [0.5, 0.6) is 11.5 Å². The topological polar surface area (TPSA) is 76.1 Å². The molecular weight excluding hydrogens is 340 g/mol. The van der Waals surface area contributed by atoms with E-state index in [1.54, 1.807) is 0 Å². The summed E-state index contributed by atoms with van der Waals surface area (Å²) in [6.07, 6.45) is 4.97. The molecule has 0 fully saturated rings. The Morgan fingerprint density at radius 2 is 1.78 bits per heavy atom. The molecule has 0 aliphatic heterocycles. The molecule has 0 saturated carbocycles. The van der Waals surface area contributed by atoms with Crippen LogP contribution in [0.1, 0.15) is 30.3 Å². The lowest BCUT2D eigenvalue weighted by Gasteiger charge is -2.12. The smallest absolute Gasteiger partial charge is 0.271 e. The normalized spacial score (nSPS) is 10.3. The summed E-state index contributed by atoms with van der Waals surface area (Å²) in [5.41, 5.74) is 1.06. The summed E-state index contributed by atoms with van der Waals surface area (Å²) in [6, 6.07) is 17.1. The molecule has 6 heteroatoms. The zero-order valence-electron chi connectivity index (χ0n) is 15.2. The molecule has 1 heterocycles. The average Bonchev–Trinajstić information content (AvgIpc) is 2.71. The van der Waals surface area contributed by atoms with Crippen molar-refractivity contribution in [1.29, 1.82) is 0 Å². The number of carbonyl (C=O) groups is 1. The molecule has 0 saturated heterocycles. The number of nitrogens with zero attached hydrogens (tertiary/aromatic N) is 2. The van der Waals surface area contributed by atoms with E-state index in [2.05, 4.69) is 27.5 Å². The van der Waals surface area contributed by atoms with E-state index in [0.29, 0.717) is 23.8 Å². The first kappa shape index (κ1) is 18.4. The van der Waals surface area contributed by atoms with Crippen molar-refractivity contribution in [2.24, 2.45) is 0 Å². The monoisotopic (exact) mass is 362 g/mol. The summed E-state index contributed by atoms with van der Waals surface area (Å²) in [5.74, 6) is 1.74. The van der Waals surface area contributed by atoms with E-state index in [1.165, 1.54) is 12.4 Å². The van der Waals surface area contributed by atoms with Crippen LogP contribution in [0.3, 0.4) is 0 Å². The molecule has 0 aliphatic rings. The SMILES string of the molecule is CCCCNC(=O)c1cnc(Nc2ccccc2Oc2ccccc2)cn1. The van der Waals surface area contributed by atoms with Crippen LogP contribution in [0.2, 0.25) is 0 Å². The third-order valence-corrected chi connectivity index (χ3v) is 3.82. The van der Waals surface area contributed by atoms with E-state index in [-0.39, 0.29) is 5.91 Å². The van der Waals surface area contributed by atoms with Crippen molar-refractivity contribution in [1.82, 2.24) is 15.3 Å². The zero-order valence-corrected chi connectivity index (χ0v) is 15.2. The van der Waals surface area contributed by atoms with Gasteiger partial charge in [0.15, 0.2) is 5.75 Å². The highest BCUT2D eigenvalue weighted by atomic mass is 16.5. The van der Waals surface area contributed by atoms with Gasteiger partial charge in [0.2, 0.25) is 0 Å². The molecule has 3 aromatic rings. The van der Waals surface area contributed by atoms with Gasteiger partial charge in [-0.15, -0.1) is 0 Å². The number of ether oxygens (including phenoxy) is 1. The maximum Gasteiger partial charge on any atom is 0.271 e. The predicted molar refractivity (Wildman–Crippen MR) is 106 cm³/mol. The van der Waals surface area contributed by atoms with Crippen molar-refractivity contribution in [3.8, 4) is 11.5 Å². The Balaban J connectivity index is 1.68. The lowest BCUT2D eigenvalue weighted by Crippen LogP contribution is -2.25. The highest BCUT2D eigenvalue weighted by Gasteiger charge is 2.09. The Morgan fingerprint density at radius 3 is 2.52 bits per heavy atom. The largest absolute Gasteiger partial charge is 0.455 e.